The van der Waals surface area contributed by atoms with Gasteiger partial charge in [0.2, 0.25) is 0 Å². The molecule has 2 heteroatoms. The van der Waals surface area contributed by atoms with Gasteiger partial charge in [0.05, 0.1) is 6.10 Å². The Morgan fingerprint density at radius 2 is 1.67 bits per heavy atom. The first-order valence-corrected chi connectivity index (χ1v) is 6.84. The second kappa shape index (κ2) is 6.35. The molecule has 102 valence electrons. The Morgan fingerprint density at radius 1 is 1.06 bits per heavy atom. The molecular formula is C16H27NO. The zero-order valence-corrected chi connectivity index (χ0v) is 12.5. The van der Waals surface area contributed by atoms with Crippen molar-refractivity contribution in [2.45, 2.75) is 59.7 Å². The number of hydrogen-bond donors (Lipinski definition) is 2. The quantitative estimate of drug-likeness (QED) is 0.838. The Balaban J connectivity index is 2.98. The van der Waals surface area contributed by atoms with Crippen molar-refractivity contribution in [2.75, 3.05) is 0 Å². The molecule has 2 atom stereocenters. The van der Waals surface area contributed by atoms with Crippen molar-refractivity contribution in [1.29, 1.82) is 0 Å². The average molecular weight is 249 g/mol. The van der Waals surface area contributed by atoms with Gasteiger partial charge in [-0.15, -0.1) is 0 Å². The maximum Gasteiger partial charge on any atom is 0.0948 e. The second-order valence-corrected chi connectivity index (χ2v) is 5.90. The van der Waals surface area contributed by atoms with E-state index in [-0.39, 0.29) is 6.04 Å². The predicted octanol–water partition coefficient (Wildman–Crippen LogP) is 3.36. The summed E-state index contributed by atoms with van der Waals surface area (Å²) in [6, 6.07) is 6.71. The number of aliphatic hydroxyl groups is 1. The number of nitrogens with one attached hydrogen (secondary N) is 1. The van der Waals surface area contributed by atoms with Crippen LogP contribution in [0.1, 0.15) is 50.5 Å². The molecule has 2 N–H and O–H groups in total. The minimum absolute atomic E-state index is 0.0893. The van der Waals surface area contributed by atoms with Gasteiger partial charge in [-0.3, -0.25) is 0 Å². The molecule has 1 aromatic rings. The third kappa shape index (κ3) is 3.82. The molecule has 1 aromatic carbocycles. The van der Waals surface area contributed by atoms with Gasteiger partial charge in [0.1, 0.15) is 0 Å². The SMILES string of the molecule is Cc1ccc(C(O)C(NC(C)C)C(C)C)c(C)c1. The maximum absolute atomic E-state index is 10.6. The first-order chi connectivity index (χ1) is 8.32. The van der Waals surface area contributed by atoms with Gasteiger partial charge in [0.25, 0.3) is 0 Å². The van der Waals surface area contributed by atoms with Crippen LogP contribution in [0.3, 0.4) is 0 Å². The number of rotatable bonds is 5. The fraction of sp³-hybridized carbons (Fsp3) is 0.625. The lowest BCUT2D eigenvalue weighted by molar-refractivity contribution is 0.0997. The summed E-state index contributed by atoms with van der Waals surface area (Å²) >= 11 is 0. The molecular weight excluding hydrogens is 222 g/mol. The fourth-order valence-corrected chi connectivity index (χ4v) is 2.38. The lowest BCUT2D eigenvalue weighted by Gasteiger charge is -2.30. The van der Waals surface area contributed by atoms with Crippen molar-refractivity contribution >= 4 is 0 Å². The first-order valence-electron chi connectivity index (χ1n) is 6.84. The van der Waals surface area contributed by atoms with Gasteiger partial charge in [-0.05, 0) is 30.9 Å². The van der Waals surface area contributed by atoms with E-state index >= 15 is 0 Å². The molecule has 0 saturated heterocycles. The molecule has 0 bridgehead atoms. The largest absolute Gasteiger partial charge is 0.387 e. The van der Waals surface area contributed by atoms with Crippen LogP contribution in [0.2, 0.25) is 0 Å². The Kier molecular flexibility index (Phi) is 5.36. The third-order valence-electron chi connectivity index (χ3n) is 3.33. The summed E-state index contributed by atoms with van der Waals surface area (Å²) in [7, 11) is 0. The van der Waals surface area contributed by atoms with Crippen molar-refractivity contribution in [3.63, 3.8) is 0 Å². The van der Waals surface area contributed by atoms with E-state index in [4.69, 9.17) is 0 Å². The summed E-state index contributed by atoms with van der Waals surface area (Å²) in [5.74, 6) is 0.392. The van der Waals surface area contributed by atoms with Crippen molar-refractivity contribution in [3.05, 3.63) is 34.9 Å². The average Bonchev–Trinajstić information content (AvgIpc) is 2.24. The number of aryl methyl sites for hydroxylation is 2. The molecule has 0 heterocycles. The van der Waals surface area contributed by atoms with E-state index in [9.17, 15) is 5.11 Å². The van der Waals surface area contributed by atoms with E-state index in [1.165, 1.54) is 11.1 Å². The van der Waals surface area contributed by atoms with Crippen LogP contribution in [0.5, 0.6) is 0 Å². The van der Waals surface area contributed by atoms with Crippen LogP contribution in [0.25, 0.3) is 0 Å². The zero-order valence-electron chi connectivity index (χ0n) is 12.5. The van der Waals surface area contributed by atoms with Crippen molar-refractivity contribution in [3.8, 4) is 0 Å². The Bertz CT molecular complexity index is 385. The molecule has 0 aliphatic heterocycles. The molecule has 0 fully saturated rings. The standard InChI is InChI=1S/C16H27NO/c1-10(2)15(17-11(3)4)16(18)14-8-7-12(5)9-13(14)6/h7-11,15-18H,1-6H3. The molecule has 18 heavy (non-hydrogen) atoms. The van der Waals surface area contributed by atoms with Gasteiger partial charge in [-0.25, -0.2) is 0 Å². The van der Waals surface area contributed by atoms with E-state index < -0.39 is 6.10 Å². The van der Waals surface area contributed by atoms with Crippen LogP contribution in [-0.4, -0.2) is 17.2 Å². The summed E-state index contributed by atoms with van der Waals surface area (Å²) in [5.41, 5.74) is 3.44. The third-order valence-corrected chi connectivity index (χ3v) is 3.33. The summed E-state index contributed by atoms with van der Waals surface area (Å²) in [5, 5.41) is 14.1. The maximum atomic E-state index is 10.6. The van der Waals surface area contributed by atoms with E-state index in [1.54, 1.807) is 0 Å². The van der Waals surface area contributed by atoms with E-state index in [0.717, 1.165) is 5.56 Å². The van der Waals surface area contributed by atoms with E-state index in [1.807, 2.05) is 6.07 Å². The highest BCUT2D eigenvalue weighted by molar-refractivity contribution is 5.32. The van der Waals surface area contributed by atoms with E-state index in [0.29, 0.717) is 12.0 Å². The topological polar surface area (TPSA) is 32.3 Å². The molecule has 0 amide bonds. The summed E-state index contributed by atoms with van der Waals surface area (Å²) < 4.78 is 0. The lowest BCUT2D eigenvalue weighted by Crippen LogP contribution is -2.43. The molecule has 2 nitrogen and oxygen atoms in total. The minimum Gasteiger partial charge on any atom is -0.387 e. The zero-order chi connectivity index (χ0) is 13.9. The van der Waals surface area contributed by atoms with Crippen LogP contribution in [0, 0.1) is 19.8 Å². The van der Waals surface area contributed by atoms with Gasteiger partial charge in [0, 0.05) is 12.1 Å². The molecule has 0 aromatic heterocycles. The lowest BCUT2D eigenvalue weighted by atomic mass is 9.90. The van der Waals surface area contributed by atoms with Gasteiger partial charge in [-0.1, -0.05) is 51.5 Å². The Hall–Kier alpha value is -0.860. The van der Waals surface area contributed by atoms with E-state index in [2.05, 4.69) is 59.0 Å². The molecule has 0 saturated carbocycles. The van der Waals surface area contributed by atoms with Crippen LogP contribution in [-0.2, 0) is 0 Å². The molecule has 0 radical (unpaired) electrons. The van der Waals surface area contributed by atoms with Crippen LogP contribution >= 0.6 is 0 Å². The number of hydrogen-bond acceptors (Lipinski definition) is 2. The van der Waals surface area contributed by atoms with Gasteiger partial charge in [0.15, 0.2) is 0 Å². The van der Waals surface area contributed by atoms with Crippen molar-refractivity contribution in [2.24, 2.45) is 5.92 Å². The minimum atomic E-state index is -0.451. The highest BCUT2D eigenvalue weighted by atomic mass is 16.3. The van der Waals surface area contributed by atoms with Gasteiger partial charge >= 0.3 is 0 Å². The van der Waals surface area contributed by atoms with Gasteiger partial charge < -0.3 is 10.4 Å². The van der Waals surface area contributed by atoms with Crippen LogP contribution < -0.4 is 5.32 Å². The van der Waals surface area contributed by atoms with Gasteiger partial charge in [-0.2, -0.15) is 0 Å². The highest BCUT2D eigenvalue weighted by Crippen LogP contribution is 2.25. The molecule has 0 aliphatic rings. The predicted molar refractivity (Wildman–Crippen MR) is 77.8 cm³/mol. The second-order valence-electron chi connectivity index (χ2n) is 5.90. The van der Waals surface area contributed by atoms with Crippen molar-refractivity contribution < 1.29 is 5.11 Å². The van der Waals surface area contributed by atoms with Crippen molar-refractivity contribution in [1.82, 2.24) is 5.32 Å². The molecule has 2 unspecified atom stereocenters. The first kappa shape index (κ1) is 15.2. The normalized spacial score (nSPS) is 15.2. The number of aliphatic hydroxyl groups excluding tert-OH is 1. The fourth-order valence-electron chi connectivity index (χ4n) is 2.38. The summed E-state index contributed by atoms with van der Waals surface area (Å²) in [4.78, 5) is 0. The Morgan fingerprint density at radius 3 is 2.11 bits per heavy atom. The number of benzene rings is 1. The summed E-state index contributed by atoms with van der Waals surface area (Å²) in [6.07, 6.45) is -0.451. The smallest absolute Gasteiger partial charge is 0.0948 e. The Labute approximate surface area is 111 Å². The highest BCUT2D eigenvalue weighted by Gasteiger charge is 2.25. The van der Waals surface area contributed by atoms with Crippen LogP contribution in [0.4, 0.5) is 0 Å². The molecule has 1 rings (SSSR count). The monoisotopic (exact) mass is 249 g/mol. The van der Waals surface area contributed by atoms with Crippen LogP contribution in [0.15, 0.2) is 18.2 Å². The molecule has 0 spiro atoms. The summed E-state index contributed by atoms with van der Waals surface area (Å²) in [6.45, 7) is 12.7. The molecule has 0 aliphatic carbocycles.